The van der Waals surface area contributed by atoms with Gasteiger partial charge in [0, 0.05) is 39.3 Å². The molecule has 0 radical (unpaired) electrons. The molecule has 3 heterocycles. The molecule has 0 aliphatic carbocycles. The largest absolute Gasteiger partial charge is 0.331 e. The zero-order valence-corrected chi connectivity index (χ0v) is 14.3. The smallest absolute Gasteiger partial charge is 0.317 e. The highest BCUT2D eigenvalue weighted by Crippen LogP contribution is 2.23. The summed E-state index contributed by atoms with van der Waals surface area (Å²) >= 11 is 1.73. The van der Waals surface area contributed by atoms with Crippen LogP contribution < -0.4 is 5.32 Å². The maximum absolute atomic E-state index is 12.2. The lowest BCUT2D eigenvalue weighted by atomic mass is 10.1. The van der Waals surface area contributed by atoms with E-state index in [2.05, 4.69) is 44.0 Å². The number of nitrogens with one attached hydrogen (secondary N) is 1. The fourth-order valence-corrected chi connectivity index (χ4v) is 3.51. The molecule has 1 aliphatic heterocycles. The molecule has 7 nitrogen and oxygen atoms in total. The normalized spacial score (nSPS) is 17.2. The molecule has 1 N–H and O–H groups in total. The number of nitrogens with zero attached hydrogens (tertiary/aromatic N) is 5. The van der Waals surface area contributed by atoms with Crippen LogP contribution in [0.3, 0.4) is 0 Å². The maximum Gasteiger partial charge on any atom is 0.317 e. The Hall–Kier alpha value is -1.93. The molecule has 2 aromatic rings. The standard InChI is InChI=1S/C15H22N6OS/c1-12(13-3-8-23-10-13)20-4-6-21(7-5-20)15(22)16-9-14-17-11-19(2)18-14/h3,8,10-12H,4-7,9H2,1-2H3,(H,16,22)/t12-/m0/s1. The second-order valence-corrected chi connectivity index (χ2v) is 6.53. The molecule has 1 aliphatic rings. The number of amides is 2. The van der Waals surface area contributed by atoms with Crippen molar-refractivity contribution in [1.29, 1.82) is 0 Å². The van der Waals surface area contributed by atoms with Gasteiger partial charge in [-0.1, -0.05) is 0 Å². The van der Waals surface area contributed by atoms with Crippen LogP contribution in [0, 0.1) is 0 Å². The molecule has 0 saturated carbocycles. The second kappa shape index (κ2) is 7.10. The minimum Gasteiger partial charge on any atom is -0.331 e. The van der Waals surface area contributed by atoms with E-state index in [9.17, 15) is 4.79 Å². The summed E-state index contributed by atoms with van der Waals surface area (Å²) in [5, 5.41) is 11.4. The number of aryl methyl sites for hydroxylation is 1. The van der Waals surface area contributed by atoms with Gasteiger partial charge < -0.3 is 10.2 Å². The summed E-state index contributed by atoms with van der Waals surface area (Å²) in [6, 6.07) is 2.54. The Morgan fingerprint density at radius 2 is 2.17 bits per heavy atom. The Morgan fingerprint density at radius 3 is 2.78 bits per heavy atom. The zero-order chi connectivity index (χ0) is 16.2. The van der Waals surface area contributed by atoms with Crippen molar-refractivity contribution in [2.75, 3.05) is 26.2 Å². The minimum absolute atomic E-state index is 0.0414. The van der Waals surface area contributed by atoms with E-state index >= 15 is 0 Å². The van der Waals surface area contributed by atoms with E-state index < -0.39 is 0 Å². The van der Waals surface area contributed by atoms with Crippen molar-refractivity contribution in [1.82, 2.24) is 29.9 Å². The van der Waals surface area contributed by atoms with E-state index in [1.165, 1.54) is 5.56 Å². The predicted octanol–water partition coefficient (Wildman–Crippen LogP) is 1.46. The van der Waals surface area contributed by atoms with Crippen LogP contribution in [-0.2, 0) is 13.6 Å². The summed E-state index contributed by atoms with van der Waals surface area (Å²) in [7, 11) is 1.81. The number of rotatable bonds is 4. The molecule has 1 saturated heterocycles. The topological polar surface area (TPSA) is 66.3 Å². The Bertz CT molecular complexity index is 632. The third kappa shape index (κ3) is 3.89. The van der Waals surface area contributed by atoms with Gasteiger partial charge in [0.1, 0.15) is 6.33 Å². The Morgan fingerprint density at radius 1 is 1.39 bits per heavy atom. The van der Waals surface area contributed by atoms with Crippen LogP contribution in [0.15, 0.2) is 23.2 Å². The van der Waals surface area contributed by atoms with Gasteiger partial charge in [-0.3, -0.25) is 9.58 Å². The molecule has 1 fully saturated rings. The molecule has 8 heteroatoms. The average molecular weight is 334 g/mol. The Balaban J connectivity index is 1.45. The molecule has 0 spiro atoms. The number of hydrogen-bond acceptors (Lipinski definition) is 5. The van der Waals surface area contributed by atoms with Crippen molar-refractivity contribution in [2.45, 2.75) is 19.5 Å². The van der Waals surface area contributed by atoms with Gasteiger partial charge in [-0.2, -0.15) is 16.4 Å². The van der Waals surface area contributed by atoms with E-state index in [0.29, 0.717) is 18.4 Å². The molecule has 0 aromatic carbocycles. The van der Waals surface area contributed by atoms with Crippen LogP contribution >= 0.6 is 11.3 Å². The van der Waals surface area contributed by atoms with Crippen LogP contribution in [0.1, 0.15) is 24.4 Å². The highest BCUT2D eigenvalue weighted by molar-refractivity contribution is 7.07. The molecule has 0 unspecified atom stereocenters. The van der Waals surface area contributed by atoms with E-state index in [4.69, 9.17) is 0 Å². The van der Waals surface area contributed by atoms with Crippen molar-refractivity contribution in [2.24, 2.45) is 7.05 Å². The summed E-state index contributed by atoms with van der Waals surface area (Å²) in [5.41, 5.74) is 1.36. The molecule has 23 heavy (non-hydrogen) atoms. The van der Waals surface area contributed by atoms with Gasteiger partial charge in [0.2, 0.25) is 0 Å². The third-order valence-electron chi connectivity index (χ3n) is 4.22. The molecule has 1 atom stereocenters. The fourth-order valence-electron chi connectivity index (χ4n) is 2.77. The number of piperazine rings is 1. The van der Waals surface area contributed by atoms with Crippen LogP contribution in [0.4, 0.5) is 4.79 Å². The van der Waals surface area contributed by atoms with Gasteiger partial charge >= 0.3 is 6.03 Å². The molecular weight excluding hydrogens is 312 g/mol. The number of aromatic nitrogens is 3. The first-order chi connectivity index (χ1) is 11.1. The number of carbonyl (C=O) groups excluding carboxylic acids is 1. The first-order valence-corrected chi connectivity index (χ1v) is 8.71. The Labute approximate surface area is 139 Å². The van der Waals surface area contributed by atoms with E-state index in [1.807, 2.05) is 11.9 Å². The van der Waals surface area contributed by atoms with E-state index in [0.717, 1.165) is 26.2 Å². The van der Waals surface area contributed by atoms with Crippen LogP contribution in [0.5, 0.6) is 0 Å². The van der Waals surface area contributed by atoms with Gasteiger partial charge in [-0.25, -0.2) is 9.78 Å². The van der Waals surface area contributed by atoms with Gasteiger partial charge in [0.05, 0.1) is 6.54 Å². The molecule has 0 bridgehead atoms. The number of carbonyl (C=O) groups is 1. The summed E-state index contributed by atoms with van der Waals surface area (Å²) in [6.07, 6.45) is 1.63. The van der Waals surface area contributed by atoms with Crippen LogP contribution in [0.2, 0.25) is 0 Å². The number of thiophene rings is 1. The average Bonchev–Trinajstić information content (AvgIpc) is 3.24. The van der Waals surface area contributed by atoms with Gasteiger partial charge in [-0.15, -0.1) is 0 Å². The Kier molecular flexibility index (Phi) is 4.92. The highest BCUT2D eigenvalue weighted by atomic mass is 32.1. The lowest BCUT2D eigenvalue weighted by molar-refractivity contribution is 0.114. The maximum atomic E-state index is 12.2. The molecule has 124 valence electrons. The summed E-state index contributed by atoms with van der Waals surface area (Å²) in [6.45, 7) is 5.88. The van der Waals surface area contributed by atoms with Crippen molar-refractivity contribution >= 4 is 17.4 Å². The van der Waals surface area contributed by atoms with Crippen LogP contribution in [0.25, 0.3) is 0 Å². The lowest BCUT2D eigenvalue weighted by Gasteiger charge is -2.37. The van der Waals surface area contributed by atoms with Crippen LogP contribution in [-0.4, -0.2) is 56.8 Å². The van der Waals surface area contributed by atoms with Gasteiger partial charge in [0.25, 0.3) is 0 Å². The SMILES string of the molecule is C[C@@H](c1ccsc1)N1CCN(C(=O)NCc2ncn(C)n2)CC1. The number of hydrogen-bond donors (Lipinski definition) is 1. The first-order valence-electron chi connectivity index (χ1n) is 7.77. The minimum atomic E-state index is -0.0414. The second-order valence-electron chi connectivity index (χ2n) is 5.75. The van der Waals surface area contributed by atoms with Crippen molar-refractivity contribution in [3.63, 3.8) is 0 Å². The van der Waals surface area contributed by atoms with Gasteiger partial charge in [-0.05, 0) is 29.3 Å². The molecule has 2 amide bonds. The van der Waals surface area contributed by atoms with Crippen molar-refractivity contribution in [3.8, 4) is 0 Å². The molecule has 2 aromatic heterocycles. The lowest BCUT2D eigenvalue weighted by Crippen LogP contribution is -2.52. The zero-order valence-electron chi connectivity index (χ0n) is 13.5. The summed E-state index contributed by atoms with van der Waals surface area (Å²) in [5.74, 6) is 0.630. The monoisotopic (exact) mass is 334 g/mol. The molecular formula is C15H22N6OS. The quantitative estimate of drug-likeness (QED) is 0.919. The first kappa shape index (κ1) is 15.9. The number of urea groups is 1. The van der Waals surface area contributed by atoms with E-state index in [-0.39, 0.29) is 6.03 Å². The fraction of sp³-hybridized carbons (Fsp3) is 0.533. The van der Waals surface area contributed by atoms with Gasteiger partial charge in [0.15, 0.2) is 5.82 Å². The third-order valence-corrected chi connectivity index (χ3v) is 4.92. The summed E-state index contributed by atoms with van der Waals surface area (Å²) in [4.78, 5) is 20.6. The van der Waals surface area contributed by atoms with E-state index in [1.54, 1.807) is 22.3 Å². The summed E-state index contributed by atoms with van der Waals surface area (Å²) < 4.78 is 1.63. The van der Waals surface area contributed by atoms with Crippen molar-refractivity contribution in [3.05, 3.63) is 34.5 Å². The highest BCUT2D eigenvalue weighted by Gasteiger charge is 2.24. The predicted molar refractivity (Wildman–Crippen MR) is 89.1 cm³/mol. The van der Waals surface area contributed by atoms with Crippen molar-refractivity contribution < 1.29 is 4.79 Å². The molecule has 3 rings (SSSR count).